The molecule has 194 valence electrons. The molecule has 0 spiro atoms. The summed E-state index contributed by atoms with van der Waals surface area (Å²) in [6.45, 7) is 0. The van der Waals surface area contributed by atoms with Crippen molar-refractivity contribution in [1.82, 2.24) is 4.98 Å². The summed E-state index contributed by atoms with van der Waals surface area (Å²) in [6, 6.07) is 49.8. The minimum absolute atomic E-state index is 0.606. The summed E-state index contributed by atoms with van der Waals surface area (Å²) < 4.78 is 12.5. The normalized spacial score (nSPS) is 11.4. The van der Waals surface area contributed by atoms with Crippen LogP contribution in [0.25, 0.3) is 55.6 Å². The molecule has 0 bridgehead atoms. The molecule has 0 aliphatic carbocycles. The van der Waals surface area contributed by atoms with Gasteiger partial charge in [-0.2, -0.15) is 0 Å². The van der Waals surface area contributed by atoms with E-state index in [2.05, 4.69) is 89.8 Å². The van der Waals surface area contributed by atoms with Crippen LogP contribution >= 0.6 is 0 Å². The van der Waals surface area contributed by atoms with Crippen molar-refractivity contribution in [2.75, 3.05) is 4.90 Å². The van der Waals surface area contributed by atoms with Crippen LogP contribution in [-0.2, 0) is 0 Å². The van der Waals surface area contributed by atoms with E-state index in [1.54, 1.807) is 0 Å². The standard InChI is InChI=1S/C37H24N2O2/c1-4-11-26(12-5-1)37-38-32-24-34-31(23-35(32)41-37)36-30(17-10-18-33(36)40-34)25-19-21-29(22-20-25)39(27-13-6-2-7-14-27)28-15-8-3-9-16-28/h1-24H. The van der Waals surface area contributed by atoms with Gasteiger partial charge in [0.2, 0.25) is 5.89 Å². The summed E-state index contributed by atoms with van der Waals surface area (Å²) >= 11 is 0. The Kier molecular flexibility index (Phi) is 5.42. The Bertz CT molecular complexity index is 2090. The Balaban J connectivity index is 1.24. The van der Waals surface area contributed by atoms with Crippen molar-refractivity contribution < 1.29 is 8.83 Å². The number of hydrogen-bond donors (Lipinski definition) is 0. The number of benzene rings is 6. The summed E-state index contributed by atoms with van der Waals surface area (Å²) in [6.07, 6.45) is 0. The molecule has 8 rings (SSSR count). The minimum atomic E-state index is 0.606. The van der Waals surface area contributed by atoms with Crippen molar-refractivity contribution in [3.05, 3.63) is 146 Å². The number of furan rings is 1. The lowest BCUT2D eigenvalue weighted by atomic mass is 9.99. The zero-order chi connectivity index (χ0) is 27.2. The van der Waals surface area contributed by atoms with E-state index in [1.165, 1.54) is 0 Å². The molecule has 4 nitrogen and oxygen atoms in total. The third-order valence-corrected chi connectivity index (χ3v) is 7.49. The molecule has 4 heteroatoms. The molecule has 0 N–H and O–H groups in total. The molecule has 0 atom stereocenters. The average molecular weight is 529 g/mol. The topological polar surface area (TPSA) is 42.4 Å². The molecule has 0 fully saturated rings. The van der Waals surface area contributed by atoms with E-state index >= 15 is 0 Å². The lowest BCUT2D eigenvalue weighted by Crippen LogP contribution is -2.09. The number of anilines is 3. The van der Waals surface area contributed by atoms with E-state index in [0.717, 1.165) is 66.8 Å². The summed E-state index contributed by atoms with van der Waals surface area (Å²) in [4.78, 5) is 7.00. The van der Waals surface area contributed by atoms with Gasteiger partial charge in [0, 0.05) is 39.5 Å². The fourth-order valence-electron chi connectivity index (χ4n) is 5.58. The second-order valence-corrected chi connectivity index (χ2v) is 10.0. The number of oxazole rings is 1. The quantitative estimate of drug-likeness (QED) is 0.223. The number of fused-ring (bicyclic) bond motifs is 4. The summed E-state index contributed by atoms with van der Waals surface area (Å²) in [5.74, 6) is 0.606. The molecule has 6 aromatic carbocycles. The lowest BCUT2D eigenvalue weighted by molar-refractivity contribution is 0.620. The van der Waals surface area contributed by atoms with Gasteiger partial charge >= 0.3 is 0 Å². The van der Waals surface area contributed by atoms with Gasteiger partial charge in [-0.1, -0.05) is 78.9 Å². The van der Waals surface area contributed by atoms with E-state index in [0.29, 0.717) is 5.89 Å². The molecule has 0 unspecified atom stereocenters. The highest BCUT2D eigenvalue weighted by molar-refractivity contribution is 6.14. The molecule has 0 amide bonds. The molecule has 0 saturated heterocycles. The first-order valence-corrected chi connectivity index (χ1v) is 13.6. The maximum atomic E-state index is 6.33. The van der Waals surface area contributed by atoms with Crippen molar-refractivity contribution in [2.24, 2.45) is 0 Å². The Labute approximate surface area is 236 Å². The van der Waals surface area contributed by atoms with Gasteiger partial charge in [0.25, 0.3) is 0 Å². The van der Waals surface area contributed by atoms with Crippen molar-refractivity contribution in [2.45, 2.75) is 0 Å². The minimum Gasteiger partial charge on any atom is -0.456 e. The van der Waals surface area contributed by atoms with Gasteiger partial charge in [-0.15, -0.1) is 0 Å². The first-order chi connectivity index (χ1) is 20.3. The van der Waals surface area contributed by atoms with Crippen LogP contribution in [0.2, 0.25) is 0 Å². The predicted octanol–water partition coefficient (Wildman–Crippen LogP) is 10.5. The van der Waals surface area contributed by atoms with Gasteiger partial charge in [-0.25, -0.2) is 4.98 Å². The maximum absolute atomic E-state index is 6.33. The van der Waals surface area contributed by atoms with E-state index in [4.69, 9.17) is 13.8 Å². The number of hydrogen-bond acceptors (Lipinski definition) is 4. The van der Waals surface area contributed by atoms with Crippen molar-refractivity contribution in [3.8, 4) is 22.6 Å². The van der Waals surface area contributed by atoms with E-state index in [-0.39, 0.29) is 0 Å². The monoisotopic (exact) mass is 528 g/mol. The van der Waals surface area contributed by atoms with Crippen LogP contribution in [0.3, 0.4) is 0 Å². The van der Waals surface area contributed by atoms with Gasteiger partial charge in [-0.3, -0.25) is 0 Å². The van der Waals surface area contributed by atoms with Crippen LogP contribution in [0.4, 0.5) is 17.1 Å². The SMILES string of the molecule is c1ccc(-c2nc3cc4oc5cccc(-c6ccc(N(c7ccccc7)c7ccccc7)cc6)c5c4cc3o2)cc1. The summed E-state index contributed by atoms with van der Waals surface area (Å²) in [5, 5.41) is 2.08. The van der Waals surface area contributed by atoms with Gasteiger partial charge < -0.3 is 13.7 Å². The third-order valence-electron chi connectivity index (χ3n) is 7.49. The highest BCUT2D eigenvalue weighted by Crippen LogP contribution is 2.40. The second kappa shape index (κ2) is 9.54. The second-order valence-electron chi connectivity index (χ2n) is 10.0. The molecule has 0 radical (unpaired) electrons. The number of nitrogens with zero attached hydrogens (tertiary/aromatic N) is 2. The highest BCUT2D eigenvalue weighted by Gasteiger charge is 2.17. The lowest BCUT2D eigenvalue weighted by Gasteiger charge is -2.25. The van der Waals surface area contributed by atoms with Crippen LogP contribution in [0.5, 0.6) is 0 Å². The van der Waals surface area contributed by atoms with Gasteiger partial charge in [0.1, 0.15) is 16.7 Å². The summed E-state index contributed by atoms with van der Waals surface area (Å²) in [7, 11) is 0. The Morgan fingerprint density at radius 2 is 1.10 bits per heavy atom. The first-order valence-electron chi connectivity index (χ1n) is 13.6. The van der Waals surface area contributed by atoms with Gasteiger partial charge in [0.05, 0.1) is 0 Å². The fourth-order valence-corrected chi connectivity index (χ4v) is 5.58. The Morgan fingerprint density at radius 1 is 0.463 bits per heavy atom. The number of rotatable bonds is 5. The zero-order valence-corrected chi connectivity index (χ0v) is 22.1. The third kappa shape index (κ3) is 4.05. The number of aromatic nitrogens is 1. The molecule has 8 aromatic rings. The smallest absolute Gasteiger partial charge is 0.227 e. The maximum Gasteiger partial charge on any atom is 0.227 e. The van der Waals surface area contributed by atoms with Crippen LogP contribution in [0.15, 0.2) is 154 Å². The van der Waals surface area contributed by atoms with Crippen molar-refractivity contribution >= 4 is 50.1 Å². The molecule has 2 heterocycles. The highest BCUT2D eigenvalue weighted by atomic mass is 16.4. The van der Waals surface area contributed by atoms with Gasteiger partial charge in [0.15, 0.2) is 5.58 Å². The molecule has 0 aliphatic heterocycles. The van der Waals surface area contributed by atoms with E-state index < -0.39 is 0 Å². The molecular weight excluding hydrogens is 504 g/mol. The predicted molar refractivity (Wildman–Crippen MR) is 167 cm³/mol. The number of para-hydroxylation sites is 2. The van der Waals surface area contributed by atoms with Crippen LogP contribution in [0.1, 0.15) is 0 Å². The van der Waals surface area contributed by atoms with Crippen molar-refractivity contribution in [1.29, 1.82) is 0 Å². The molecule has 41 heavy (non-hydrogen) atoms. The van der Waals surface area contributed by atoms with Crippen LogP contribution in [-0.4, -0.2) is 4.98 Å². The Morgan fingerprint density at radius 3 is 1.78 bits per heavy atom. The van der Waals surface area contributed by atoms with Crippen LogP contribution < -0.4 is 4.90 Å². The zero-order valence-electron chi connectivity index (χ0n) is 22.1. The largest absolute Gasteiger partial charge is 0.456 e. The molecule has 0 aliphatic rings. The van der Waals surface area contributed by atoms with E-state index in [9.17, 15) is 0 Å². The Hall–Kier alpha value is -5.61. The summed E-state index contributed by atoms with van der Waals surface area (Å²) in [5.41, 5.74) is 9.65. The van der Waals surface area contributed by atoms with E-state index in [1.807, 2.05) is 60.7 Å². The van der Waals surface area contributed by atoms with Gasteiger partial charge in [-0.05, 0) is 71.8 Å². The fraction of sp³-hybridized carbons (Fsp3) is 0. The molecule has 0 saturated carbocycles. The van der Waals surface area contributed by atoms with Crippen LogP contribution in [0, 0.1) is 0 Å². The average Bonchev–Trinajstić information content (AvgIpc) is 3.62. The molecular formula is C37H24N2O2. The first kappa shape index (κ1) is 23.3. The molecule has 2 aromatic heterocycles. The van der Waals surface area contributed by atoms with Crippen molar-refractivity contribution in [3.63, 3.8) is 0 Å².